The highest BCUT2D eigenvalue weighted by Crippen LogP contribution is 2.28. The van der Waals surface area contributed by atoms with Crippen LogP contribution in [0.5, 0.6) is 5.88 Å². The molecule has 7 heteroatoms. The van der Waals surface area contributed by atoms with Crippen molar-refractivity contribution in [2.24, 2.45) is 5.73 Å². The molecule has 7 nitrogen and oxygen atoms in total. The summed E-state index contributed by atoms with van der Waals surface area (Å²) in [6, 6.07) is 1.75. The summed E-state index contributed by atoms with van der Waals surface area (Å²) in [4.78, 5) is 15.8. The summed E-state index contributed by atoms with van der Waals surface area (Å²) in [6.07, 6.45) is 0.916. The minimum Gasteiger partial charge on any atom is -0.470 e. The number of nitrogens with one attached hydrogen (secondary N) is 2. The lowest BCUT2D eigenvalue weighted by atomic mass is 10.2. The molecule has 2 rings (SSSR count). The summed E-state index contributed by atoms with van der Waals surface area (Å²) in [7, 11) is 0. The molecule has 1 aliphatic rings. The van der Waals surface area contributed by atoms with E-state index in [4.69, 9.17) is 15.2 Å². The van der Waals surface area contributed by atoms with Crippen LogP contribution in [0, 0.1) is 0 Å². The topological polar surface area (TPSA) is 98.5 Å². The lowest BCUT2D eigenvalue weighted by molar-refractivity contribution is 0.0636. The molecule has 0 bridgehead atoms. The van der Waals surface area contributed by atoms with Gasteiger partial charge in [0, 0.05) is 6.54 Å². The van der Waals surface area contributed by atoms with Gasteiger partial charge in [-0.05, 0) is 26.8 Å². The molecule has 1 aliphatic heterocycles. The smallest absolute Gasteiger partial charge is 0.412 e. The van der Waals surface area contributed by atoms with Gasteiger partial charge in [0.15, 0.2) is 0 Å². The van der Waals surface area contributed by atoms with E-state index < -0.39 is 11.7 Å². The van der Waals surface area contributed by atoms with Crippen LogP contribution in [0.4, 0.5) is 16.2 Å². The number of ether oxygens (including phenoxy) is 2. The Morgan fingerprint density at radius 1 is 1.65 bits per heavy atom. The number of hydrogen-bond donors (Lipinski definition) is 3. The first-order chi connectivity index (χ1) is 9.37. The van der Waals surface area contributed by atoms with Crippen molar-refractivity contribution in [1.82, 2.24) is 4.98 Å². The molecule has 1 aromatic rings. The van der Waals surface area contributed by atoms with E-state index in [-0.39, 0.29) is 6.10 Å². The molecular weight excluding hydrogens is 260 g/mol. The first-order valence-corrected chi connectivity index (χ1v) is 6.48. The zero-order valence-electron chi connectivity index (χ0n) is 11.9. The van der Waals surface area contributed by atoms with E-state index in [9.17, 15) is 4.79 Å². The molecule has 0 saturated carbocycles. The Morgan fingerprint density at radius 2 is 2.40 bits per heavy atom. The largest absolute Gasteiger partial charge is 0.470 e. The van der Waals surface area contributed by atoms with Crippen molar-refractivity contribution in [3.05, 3.63) is 12.3 Å². The first kappa shape index (κ1) is 14.4. The zero-order chi connectivity index (χ0) is 14.8. The van der Waals surface area contributed by atoms with Gasteiger partial charge >= 0.3 is 6.09 Å². The van der Waals surface area contributed by atoms with Crippen LogP contribution in [0.1, 0.15) is 20.8 Å². The van der Waals surface area contributed by atoms with Crippen LogP contribution in [-0.2, 0) is 4.74 Å². The fraction of sp³-hybridized carbons (Fsp3) is 0.538. The van der Waals surface area contributed by atoms with Crippen LogP contribution in [0.3, 0.4) is 0 Å². The molecule has 0 fully saturated rings. The number of rotatable bonds is 2. The standard InChI is InChI=1S/C13H20N4O3/c1-13(2,3)20-12(18)17-8-4-10-11(16-6-8)19-9(5-14)7-15-10/h4,6,9,15H,5,7,14H2,1-3H3,(H,17,18). The Labute approximate surface area is 117 Å². The van der Waals surface area contributed by atoms with Crippen LogP contribution in [0.15, 0.2) is 12.3 Å². The van der Waals surface area contributed by atoms with Crippen molar-refractivity contribution < 1.29 is 14.3 Å². The summed E-state index contributed by atoms with van der Waals surface area (Å²) in [5, 5.41) is 5.80. The highest BCUT2D eigenvalue weighted by molar-refractivity contribution is 5.85. The lowest BCUT2D eigenvalue weighted by Gasteiger charge is -2.25. The van der Waals surface area contributed by atoms with Crippen molar-refractivity contribution in [1.29, 1.82) is 0 Å². The number of hydrogen-bond acceptors (Lipinski definition) is 6. The number of nitrogens with zero attached hydrogens (tertiary/aromatic N) is 1. The van der Waals surface area contributed by atoms with Crippen molar-refractivity contribution in [2.75, 3.05) is 23.7 Å². The van der Waals surface area contributed by atoms with E-state index >= 15 is 0 Å². The quantitative estimate of drug-likeness (QED) is 0.760. The van der Waals surface area contributed by atoms with Crippen molar-refractivity contribution >= 4 is 17.5 Å². The summed E-state index contributed by atoms with van der Waals surface area (Å²) >= 11 is 0. The molecule has 1 amide bonds. The first-order valence-electron chi connectivity index (χ1n) is 6.48. The maximum absolute atomic E-state index is 11.7. The number of nitrogens with two attached hydrogens (primary N) is 1. The highest BCUT2D eigenvalue weighted by atomic mass is 16.6. The van der Waals surface area contributed by atoms with Gasteiger partial charge in [0.05, 0.1) is 24.1 Å². The zero-order valence-corrected chi connectivity index (χ0v) is 11.9. The minimum atomic E-state index is -0.540. The highest BCUT2D eigenvalue weighted by Gasteiger charge is 2.21. The number of amides is 1. The lowest BCUT2D eigenvalue weighted by Crippen LogP contribution is -2.37. The summed E-state index contributed by atoms with van der Waals surface area (Å²) in [6.45, 7) is 6.45. The third-order valence-electron chi connectivity index (χ3n) is 2.56. The van der Waals surface area contributed by atoms with Crippen LogP contribution in [0.2, 0.25) is 0 Å². The fourth-order valence-electron chi connectivity index (χ4n) is 1.72. The van der Waals surface area contributed by atoms with E-state index in [2.05, 4.69) is 15.6 Å². The maximum atomic E-state index is 11.7. The van der Waals surface area contributed by atoms with Gasteiger partial charge in [0.25, 0.3) is 0 Å². The van der Waals surface area contributed by atoms with E-state index in [1.165, 1.54) is 6.20 Å². The van der Waals surface area contributed by atoms with Gasteiger partial charge in [0.1, 0.15) is 11.7 Å². The van der Waals surface area contributed by atoms with Crippen molar-refractivity contribution in [3.63, 3.8) is 0 Å². The second kappa shape index (κ2) is 5.54. The van der Waals surface area contributed by atoms with Gasteiger partial charge in [-0.3, -0.25) is 5.32 Å². The Morgan fingerprint density at radius 3 is 3.05 bits per heavy atom. The number of pyridine rings is 1. The van der Waals surface area contributed by atoms with Crippen LogP contribution in [0.25, 0.3) is 0 Å². The predicted octanol–water partition coefficient (Wildman–Crippen LogP) is 1.56. The van der Waals surface area contributed by atoms with E-state index in [0.717, 1.165) is 5.69 Å². The molecule has 1 atom stereocenters. The van der Waals surface area contributed by atoms with Crippen LogP contribution in [-0.4, -0.2) is 35.9 Å². The second-order valence-corrected chi connectivity index (χ2v) is 5.56. The number of carbonyl (C=O) groups excluding carboxylic acids is 1. The Balaban J connectivity index is 2.03. The average molecular weight is 280 g/mol. The molecule has 0 spiro atoms. The molecule has 2 heterocycles. The molecule has 4 N–H and O–H groups in total. The molecular formula is C13H20N4O3. The molecule has 0 saturated heterocycles. The molecule has 0 radical (unpaired) electrons. The van der Waals surface area contributed by atoms with Gasteiger partial charge < -0.3 is 20.5 Å². The SMILES string of the molecule is CC(C)(C)OC(=O)Nc1cnc2c(c1)NCC(CN)O2. The third-order valence-corrected chi connectivity index (χ3v) is 2.56. The van der Waals surface area contributed by atoms with Gasteiger partial charge in [0.2, 0.25) is 5.88 Å². The van der Waals surface area contributed by atoms with Crippen molar-refractivity contribution in [2.45, 2.75) is 32.5 Å². The van der Waals surface area contributed by atoms with Gasteiger partial charge in [-0.15, -0.1) is 0 Å². The maximum Gasteiger partial charge on any atom is 0.412 e. The molecule has 0 aromatic carbocycles. The monoisotopic (exact) mass is 280 g/mol. The minimum absolute atomic E-state index is 0.0836. The number of aromatic nitrogens is 1. The second-order valence-electron chi connectivity index (χ2n) is 5.56. The molecule has 110 valence electrons. The van der Waals surface area contributed by atoms with Gasteiger partial charge in [-0.2, -0.15) is 0 Å². The van der Waals surface area contributed by atoms with E-state index in [0.29, 0.717) is 24.7 Å². The van der Waals surface area contributed by atoms with E-state index in [1.54, 1.807) is 26.8 Å². The summed E-state index contributed by atoms with van der Waals surface area (Å²) in [5.41, 5.74) is 6.28. The van der Waals surface area contributed by atoms with Gasteiger partial charge in [-0.1, -0.05) is 0 Å². The fourth-order valence-corrected chi connectivity index (χ4v) is 1.72. The molecule has 20 heavy (non-hydrogen) atoms. The number of carbonyl (C=O) groups is 1. The number of anilines is 2. The number of fused-ring (bicyclic) bond motifs is 1. The third kappa shape index (κ3) is 3.74. The molecule has 1 aromatic heterocycles. The summed E-state index contributed by atoms with van der Waals surface area (Å²) < 4.78 is 10.8. The van der Waals surface area contributed by atoms with Crippen LogP contribution < -0.4 is 21.1 Å². The van der Waals surface area contributed by atoms with Gasteiger partial charge in [-0.25, -0.2) is 9.78 Å². The Hall–Kier alpha value is -2.02. The normalized spacial score (nSPS) is 17.5. The summed E-state index contributed by atoms with van der Waals surface area (Å²) in [5.74, 6) is 0.487. The Kier molecular flexibility index (Phi) is 3.99. The Bertz CT molecular complexity index is 499. The van der Waals surface area contributed by atoms with E-state index in [1.807, 2.05) is 0 Å². The predicted molar refractivity (Wildman–Crippen MR) is 76.1 cm³/mol. The van der Waals surface area contributed by atoms with Crippen LogP contribution >= 0.6 is 0 Å². The average Bonchev–Trinajstić information content (AvgIpc) is 2.35. The van der Waals surface area contributed by atoms with Crippen molar-refractivity contribution in [3.8, 4) is 5.88 Å². The molecule has 0 aliphatic carbocycles. The molecule has 1 unspecified atom stereocenters.